The molecule has 0 unspecified atom stereocenters. The topological polar surface area (TPSA) is 73.0 Å². The molecule has 0 radical (unpaired) electrons. The van der Waals surface area contributed by atoms with Gasteiger partial charge in [-0.1, -0.05) is 0 Å². The first-order valence-corrected chi connectivity index (χ1v) is 6.70. The van der Waals surface area contributed by atoms with Gasteiger partial charge in [0.15, 0.2) is 5.69 Å². The van der Waals surface area contributed by atoms with Crippen molar-refractivity contribution in [1.82, 2.24) is 9.97 Å². The minimum Gasteiger partial charge on any atom is -0.391 e. The van der Waals surface area contributed by atoms with Gasteiger partial charge in [0.1, 0.15) is 23.5 Å². The largest absolute Gasteiger partial charge is 0.391 e. The van der Waals surface area contributed by atoms with Crippen LogP contribution in [-0.2, 0) is 0 Å². The summed E-state index contributed by atoms with van der Waals surface area (Å²) in [6, 6.07) is 4.57. The first-order chi connectivity index (χ1) is 10.6. The van der Waals surface area contributed by atoms with Crippen LogP contribution in [0, 0.1) is 23.0 Å². The highest BCUT2D eigenvalue weighted by Crippen LogP contribution is 2.36. The van der Waals surface area contributed by atoms with Gasteiger partial charge in [-0.2, -0.15) is 5.26 Å². The van der Waals surface area contributed by atoms with Crippen LogP contribution in [0.2, 0.25) is 0 Å². The molecule has 0 bridgehead atoms. The Kier molecular flexibility index (Phi) is 3.69. The smallest absolute Gasteiger partial charge is 0.158 e. The van der Waals surface area contributed by atoms with E-state index in [4.69, 9.17) is 5.26 Å². The van der Waals surface area contributed by atoms with E-state index >= 15 is 0 Å². The monoisotopic (exact) mass is 302 g/mol. The molecule has 112 valence electrons. The molecule has 7 heteroatoms. The minimum absolute atomic E-state index is 0.164. The van der Waals surface area contributed by atoms with Gasteiger partial charge in [0.05, 0.1) is 24.5 Å². The molecule has 2 aromatic rings. The van der Waals surface area contributed by atoms with Gasteiger partial charge in [-0.3, -0.25) is 0 Å². The Balaban J connectivity index is 1.98. The van der Waals surface area contributed by atoms with Crippen molar-refractivity contribution in [3.8, 4) is 6.07 Å². The molecule has 2 atom stereocenters. The zero-order valence-electron chi connectivity index (χ0n) is 11.4. The van der Waals surface area contributed by atoms with E-state index in [2.05, 4.69) is 9.97 Å². The normalized spacial score (nSPS) is 20.9. The number of hydrogen-bond acceptors (Lipinski definition) is 5. The van der Waals surface area contributed by atoms with E-state index in [0.29, 0.717) is 5.82 Å². The van der Waals surface area contributed by atoms with Crippen molar-refractivity contribution in [2.75, 3.05) is 11.4 Å². The number of rotatable bonds is 2. The zero-order chi connectivity index (χ0) is 15.7. The molecular weight excluding hydrogens is 290 g/mol. The molecular formula is C15H12F2N4O. The lowest BCUT2D eigenvalue weighted by atomic mass is 10.0. The summed E-state index contributed by atoms with van der Waals surface area (Å²) in [4.78, 5) is 9.69. The van der Waals surface area contributed by atoms with Crippen LogP contribution in [0.25, 0.3) is 0 Å². The number of nitrogens with zero attached hydrogens (tertiary/aromatic N) is 4. The molecule has 0 spiro atoms. The molecule has 1 aromatic carbocycles. The van der Waals surface area contributed by atoms with Crippen molar-refractivity contribution in [1.29, 1.82) is 5.26 Å². The zero-order valence-corrected chi connectivity index (χ0v) is 11.4. The molecule has 22 heavy (non-hydrogen) atoms. The molecule has 1 fully saturated rings. The molecule has 1 N–H and O–H groups in total. The number of β-amino-alcohol motifs (C(OH)–C–C–N with tert-alkyl or cyclic N) is 1. The second-order valence-corrected chi connectivity index (χ2v) is 5.10. The molecule has 0 amide bonds. The fourth-order valence-electron chi connectivity index (χ4n) is 2.66. The van der Waals surface area contributed by atoms with E-state index in [1.165, 1.54) is 12.4 Å². The van der Waals surface area contributed by atoms with Gasteiger partial charge in [-0.05, 0) is 24.6 Å². The molecule has 1 saturated heterocycles. The van der Waals surface area contributed by atoms with Gasteiger partial charge in [0.25, 0.3) is 0 Å². The second kappa shape index (κ2) is 5.66. The van der Waals surface area contributed by atoms with Gasteiger partial charge >= 0.3 is 0 Å². The van der Waals surface area contributed by atoms with Crippen molar-refractivity contribution < 1.29 is 13.9 Å². The van der Waals surface area contributed by atoms with Crippen molar-refractivity contribution in [3.05, 3.63) is 53.5 Å². The summed E-state index contributed by atoms with van der Waals surface area (Å²) in [7, 11) is 0. The van der Waals surface area contributed by atoms with Crippen LogP contribution in [0.3, 0.4) is 0 Å². The highest BCUT2D eigenvalue weighted by molar-refractivity contribution is 5.44. The average molecular weight is 302 g/mol. The third-order valence-electron chi connectivity index (χ3n) is 3.64. The molecule has 0 saturated carbocycles. The lowest BCUT2D eigenvalue weighted by Gasteiger charge is -2.25. The summed E-state index contributed by atoms with van der Waals surface area (Å²) in [5.74, 6) is -0.667. The predicted octanol–water partition coefficient (Wildman–Crippen LogP) is 1.94. The predicted molar refractivity (Wildman–Crippen MR) is 73.8 cm³/mol. The van der Waals surface area contributed by atoms with E-state index in [9.17, 15) is 13.9 Å². The van der Waals surface area contributed by atoms with Crippen molar-refractivity contribution in [2.45, 2.75) is 18.6 Å². The number of aromatic nitrogens is 2. The summed E-state index contributed by atoms with van der Waals surface area (Å²) in [5, 5.41) is 18.6. The van der Waals surface area contributed by atoms with Crippen LogP contribution in [0.15, 0.2) is 30.6 Å². The Morgan fingerprint density at radius 1 is 1.27 bits per heavy atom. The second-order valence-electron chi connectivity index (χ2n) is 5.10. The summed E-state index contributed by atoms with van der Waals surface area (Å²) < 4.78 is 27.4. The number of aliphatic hydroxyl groups is 1. The number of nitriles is 1. The lowest BCUT2D eigenvalue weighted by molar-refractivity contribution is 0.194. The van der Waals surface area contributed by atoms with Gasteiger partial charge in [0.2, 0.25) is 0 Å². The Morgan fingerprint density at radius 2 is 2.09 bits per heavy atom. The van der Waals surface area contributed by atoms with E-state index in [0.717, 1.165) is 18.2 Å². The van der Waals surface area contributed by atoms with Crippen molar-refractivity contribution in [3.63, 3.8) is 0 Å². The van der Waals surface area contributed by atoms with Crippen molar-refractivity contribution >= 4 is 5.82 Å². The van der Waals surface area contributed by atoms with E-state index in [-0.39, 0.29) is 24.2 Å². The van der Waals surface area contributed by atoms with Gasteiger partial charge in [-0.15, -0.1) is 0 Å². The number of aliphatic hydroxyl groups excluding tert-OH is 1. The highest BCUT2D eigenvalue weighted by Gasteiger charge is 2.34. The average Bonchev–Trinajstić information content (AvgIpc) is 2.91. The third-order valence-corrected chi connectivity index (χ3v) is 3.64. The Hall–Kier alpha value is -2.59. The minimum atomic E-state index is -0.676. The molecule has 0 aliphatic carbocycles. The van der Waals surface area contributed by atoms with Gasteiger partial charge in [-0.25, -0.2) is 18.7 Å². The summed E-state index contributed by atoms with van der Waals surface area (Å²) in [6.07, 6.45) is 2.28. The Morgan fingerprint density at radius 3 is 2.77 bits per heavy atom. The first kappa shape index (κ1) is 14.4. The standard InChI is InChI=1S/C15H12F2N4O/c16-9-1-2-13(17)12(3-9)14-4-11(22)8-21(14)15-7-19-10(5-18)6-20-15/h1-3,6-7,11,14,22H,4,8H2/t11-,14-/m1/s1. The van der Waals surface area contributed by atoms with E-state index < -0.39 is 23.8 Å². The number of benzene rings is 1. The molecule has 3 rings (SSSR count). The SMILES string of the molecule is N#Cc1cnc(N2C[C@H](O)C[C@@H]2c2cc(F)ccc2F)cn1. The molecule has 1 aliphatic rings. The quantitative estimate of drug-likeness (QED) is 0.917. The molecule has 2 heterocycles. The third kappa shape index (κ3) is 2.61. The fourth-order valence-corrected chi connectivity index (χ4v) is 2.66. The van der Waals surface area contributed by atoms with Gasteiger partial charge in [0, 0.05) is 12.1 Å². The van der Waals surface area contributed by atoms with Crippen LogP contribution in [0.1, 0.15) is 23.7 Å². The summed E-state index contributed by atoms with van der Waals surface area (Å²) in [5.41, 5.74) is 0.333. The Bertz CT molecular complexity index is 729. The number of anilines is 1. The highest BCUT2D eigenvalue weighted by atomic mass is 19.1. The van der Waals surface area contributed by atoms with Crippen LogP contribution in [0.4, 0.5) is 14.6 Å². The number of halogens is 2. The van der Waals surface area contributed by atoms with Crippen LogP contribution in [-0.4, -0.2) is 27.7 Å². The summed E-state index contributed by atoms with van der Waals surface area (Å²) >= 11 is 0. The van der Waals surface area contributed by atoms with Crippen LogP contribution < -0.4 is 4.90 Å². The maximum atomic E-state index is 14.0. The maximum absolute atomic E-state index is 14.0. The van der Waals surface area contributed by atoms with Crippen LogP contribution in [0.5, 0.6) is 0 Å². The molecule has 1 aromatic heterocycles. The first-order valence-electron chi connectivity index (χ1n) is 6.70. The van der Waals surface area contributed by atoms with E-state index in [1.807, 2.05) is 6.07 Å². The molecule has 1 aliphatic heterocycles. The van der Waals surface area contributed by atoms with Crippen molar-refractivity contribution in [2.24, 2.45) is 0 Å². The number of hydrogen-bond donors (Lipinski definition) is 1. The lowest BCUT2D eigenvalue weighted by Crippen LogP contribution is -2.26. The Labute approximate surface area is 125 Å². The van der Waals surface area contributed by atoms with E-state index in [1.54, 1.807) is 4.90 Å². The maximum Gasteiger partial charge on any atom is 0.158 e. The van der Waals surface area contributed by atoms with Crippen LogP contribution >= 0.6 is 0 Å². The molecule has 5 nitrogen and oxygen atoms in total. The fraction of sp³-hybridized carbons (Fsp3) is 0.267. The van der Waals surface area contributed by atoms with Gasteiger partial charge < -0.3 is 10.0 Å². The summed E-state index contributed by atoms with van der Waals surface area (Å²) in [6.45, 7) is 0.237.